The Morgan fingerprint density at radius 1 is 1.39 bits per heavy atom. The van der Waals surface area contributed by atoms with Crippen molar-refractivity contribution < 1.29 is 14.3 Å². The van der Waals surface area contributed by atoms with Gasteiger partial charge in [0.1, 0.15) is 11.4 Å². The molecule has 0 unspecified atom stereocenters. The van der Waals surface area contributed by atoms with Crippen molar-refractivity contribution in [2.75, 3.05) is 18.0 Å². The van der Waals surface area contributed by atoms with Crippen LogP contribution in [0.25, 0.3) is 0 Å². The fourth-order valence-electron chi connectivity index (χ4n) is 2.75. The smallest absolute Gasteiger partial charge is 0.410 e. The van der Waals surface area contributed by atoms with Gasteiger partial charge in [-0.05, 0) is 51.2 Å². The van der Waals surface area contributed by atoms with Crippen LogP contribution >= 0.6 is 0 Å². The maximum Gasteiger partial charge on any atom is 0.410 e. The first-order valence-electron chi connectivity index (χ1n) is 8.05. The first-order chi connectivity index (χ1) is 10.9. The van der Waals surface area contributed by atoms with Crippen LogP contribution in [0.15, 0.2) is 18.3 Å². The highest BCUT2D eigenvalue weighted by atomic mass is 16.6. The number of anilines is 1. The predicted octanol–water partition coefficient (Wildman–Crippen LogP) is 2.54. The van der Waals surface area contributed by atoms with Gasteiger partial charge in [-0.1, -0.05) is 6.07 Å². The Balaban J connectivity index is 1.66. The van der Waals surface area contributed by atoms with Gasteiger partial charge in [0.15, 0.2) is 0 Å². The third-order valence-corrected chi connectivity index (χ3v) is 4.10. The van der Waals surface area contributed by atoms with Crippen LogP contribution in [0.1, 0.15) is 45.1 Å². The number of carbonyl (C=O) groups excluding carboxylic acids is 2. The van der Waals surface area contributed by atoms with Crippen molar-refractivity contribution in [1.82, 2.24) is 9.88 Å². The summed E-state index contributed by atoms with van der Waals surface area (Å²) in [6.07, 6.45) is 4.51. The maximum atomic E-state index is 12.0. The Labute approximate surface area is 136 Å². The summed E-state index contributed by atoms with van der Waals surface area (Å²) >= 11 is 0. The van der Waals surface area contributed by atoms with Crippen molar-refractivity contribution in [3.8, 4) is 0 Å². The van der Waals surface area contributed by atoms with Gasteiger partial charge in [-0.25, -0.2) is 9.78 Å². The summed E-state index contributed by atoms with van der Waals surface area (Å²) in [5, 5.41) is 0. The van der Waals surface area contributed by atoms with E-state index in [0.29, 0.717) is 19.0 Å². The zero-order chi connectivity index (χ0) is 16.6. The van der Waals surface area contributed by atoms with Gasteiger partial charge in [0.25, 0.3) is 0 Å². The Morgan fingerprint density at radius 2 is 2.09 bits per heavy atom. The molecule has 0 aromatic carbocycles. The summed E-state index contributed by atoms with van der Waals surface area (Å²) in [6, 6.07) is 3.92. The van der Waals surface area contributed by atoms with E-state index in [1.54, 1.807) is 16.0 Å². The quantitative estimate of drug-likeness (QED) is 0.801. The molecule has 0 radical (unpaired) electrons. The van der Waals surface area contributed by atoms with Crippen molar-refractivity contribution in [2.45, 2.75) is 51.2 Å². The van der Waals surface area contributed by atoms with E-state index in [1.807, 2.05) is 32.9 Å². The standard InChI is InChI=1S/C17H23N3O3/c1-17(2,3)23-16(22)19-9-13(10-19)20(11-21)15-14(12-6-7-12)5-4-8-18-15/h4-5,8,11-13H,6-7,9-10H2,1-3H3. The van der Waals surface area contributed by atoms with Crippen LogP contribution in [0.2, 0.25) is 0 Å². The molecule has 0 spiro atoms. The van der Waals surface area contributed by atoms with Crippen molar-refractivity contribution in [3.63, 3.8) is 0 Å². The summed E-state index contributed by atoms with van der Waals surface area (Å²) in [6.45, 7) is 6.49. The Hall–Kier alpha value is -2.11. The van der Waals surface area contributed by atoms with E-state index in [1.165, 1.54) is 0 Å². The highest BCUT2D eigenvalue weighted by molar-refractivity contribution is 5.78. The lowest BCUT2D eigenvalue weighted by molar-refractivity contribution is -0.108. The number of pyridine rings is 1. The third-order valence-electron chi connectivity index (χ3n) is 4.10. The Kier molecular flexibility index (Phi) is 4.00. The van der Waals surface area contributed by atoms with Crippen LogP contribution in [0.3, 0.4) is 0 Å². The molecular formula is C17H23N3O3. The molecule has 0 bridgehead atoms. The highest BCUT2D eigenvalue weighted by Crippen LogP contribution is 2.43. The molecule has 0 atom stereocenters. The van der Waals surface area contributed by atoms with E-state index < -0.39 is 5.60 Å². The molecule has 1 aliphatic heterocycles. The number of hydrogen-bond donors (Lipinski definition) is 0. The SMILES string of the molecule is CC(C)(C)OC(=O)N1CC(N(C=O)c2ncccc2C2CC2)C1. The monoisotopic (exact) mass is 317 g/mol. The molecule has 2 amide bonds. The van der Waals surface area contributed by atoms with Gasteiger partial charge in [-0.2, -0.15) is 0 Å². The Morgan fingerprint density at radius 3 is 2.65 bits per heavy atom. The summed E-state index contributed by atoms with van der Waals surface area (Å²) in [7, 11) is 0. The van der Waals surface area contributed by atoms with Gasteiger partial charge in [0, 0.05) is 19.3 Å². The van der Waals surface area contributed by atoms with E-state index >= 15 is 0 Å². The molecule has 1 saturated carbocycles. The third kappa shape index (κ3) is 3.46. The van der Waals surface area contributed by atoms with E-state index in [2.05, 4.69) is 4.98 Å². The van der Waals surface area contributed by atoms with Crippen molar-refractivity contribution in [1.29, 1.82) is 0 Å². The summed E-state index contributed by atoms with van der Waals surface area (Å²) in [5.41, 5.74) is 0.627. The molecule has 23 heavy (non-hydrogen) atoms. The number of rotatable bonds is 4. The van der Waals surface area contributed by atoms with Gasteiger partial charge in [0.05, 0.1) is 6.04 Å². The molecule has 2 aliphatic rings. The largest absolute Gasteiger partial charge is 0.444 e. The van der Waals surface area contributed by atoms with E-state index in [9.17, 15) is 9.59 Å². The number of likely N-dealkylation sites (tertiary alicyclic amines) is 1. The minimum Gasteiger partial charge on any atom is -0.444 e. The average Bonchev–Trinajstić information content (AvgIpc) is 3.24. The molecule has 2 fully saturated rings. The minimum atomic E-state index is -0.507. The second-order valence-electron chi connectivity index (χ2n) is 7.24. The number of nitrogens with zero attached hydrogens (tertiary/aromatic N) is 3. The van der Waals surface area contributed by atoms with E-state index in [-0.39, 0.29) is 12.1 Å². The van der Waals surface area contributed by atoms with Crippen LogP contribution in [-0.4, -0.2) is 47.1 Å². The molecule has 1 aliphatic carbocycles. The number of amides is 2. The fourth-order valence-corrected chi connectivity index (χ4v) is 2.75. The van der Waals surface area contributed by atoms with Gasteiger partial charge >= 0.3 is 6.09 Å². The summed E-state index contributed by atoms with van der Waals surface area (Å²) in [4.78, 5) is 31.3. The second kappa shape index (κ2) is 5.83. The molecular weight excluding hydrogens is 294 g/mol. The van der Waals surface area contributed by atoms with Gasteiger partial charge in [0.2, 0.25) is 6.41 Å². The number of hydrogen-bond acceptors (Lipinski definition) is 4. The lowest BCUT2D eigenvalue weighted by Crippen LogP contribution is -2.62. The molecule has 1 saturated heterocycles. The normalized spacial score (nSPS) is 18.3. The molecule has 0 N–H and O–H groups in total. The fraction of sp³-hybridized carbons (Fsp3) is 0.588. The van der Waals surface area contributed by atoms with Crippen LogP contribution in [0.5, 0.6) is 0 Å². The molecule has 1 aromatic rings. The molecule has 3 rings (SSSR count). The van der Waals surface area contributed by atoms with Crippen LogP contribution in [0, 0.1) is 0 Å². The van der Waals surface area contributed by atoms with E-state index in [0.717, 1.165) is 30.6 Å². The zero-order valence-corrected chi connectivity index (χ0v) is 13.9. The Bertz CT molecular complexity index is 601. The highest BCUT2D eigenvalue weighted by Gasteiger charge is 2.39. The summed E-state index contributed by atoms with van der Waals surface area (Å²) < 4.78 is 5.35. The lowest BCUT2D eigenvalue weighted by atomic mass is 10.1. The summed E-state index contributed by atoms with van der Waals surface area (Å²) in [5.74, 6) is 1.25. The molecule has 6 nitrogen and oxygen atoms in total. The van der Waals surface area contributed by atoms with Crippen molar-refractivity contribution >= 4 is 18.3 Å². The minimum absolute atomic E-state index is 0.0348. The van der Waals surface area contributed by atoms with Crippen LogP contribution in [-0.2, 0) is 9.53 Å². The first kappa shape index (κ1) is 15.8. The number of aromatic nitrogens is 1. The lowest BCUT2D eigenvalue weighted by Gasteiger charge is -2.43. The molecule has 124 valence electrons. The van der Waals surface area contributed by atoms with Gasteiger partial charge in [-0.3, -0.25) is 9.69 Å². The average molecular weight is 317 g/mol. The first-order valence-corrected chi connectivity index (χ1v) is 8.05. The molecule has 6 heteroatoms. The molecule has 2 heterocycles. The van der Waals surface area contributed by atoms with Crippen LogP contribution < -0.4 is 4.90 Å². The van der Waals surface area contributed by atoms with E-state index in [4.69, 9.17) is 4.74 Å². The maximum absolute atomic E-state index is 12.0. The number of carbonyl (C=O) groups is 2. The van der Waals surface area contributed by atoms with Crippen LogP contribution in [0.4, 0.5) is 10.6 Å². The van der Waals surface area contributed by atoms with Gasteiger partial charge < -0.3 is 9.64 Å². The zero-order valence-electron chi connectivity index (χ0n) is 13.9. The van der Waals surface area contributed by atoms with Gasteiger partial charge in [-0.15, -0.1) is 0 Å². The van der Waals surface area contributed by atoms with Crippen molar-refractivity contribution in [2.24, 2.45) is 0 Å². The van der Waals surface area contributed by atoms with Crippen molar-refractivity contribution in [3.05, 3.63) is 23.9 Å². The topological polar surface area (TPSA) is 62.7 Å². The molecule has 1 aromatic heterocycles. The number of ether oxygens (including phenoxy) is 1. The second-order valence-corrected chi connectivity index (χ2v) is 7.24. The predicted molar refractivity (Wildman–Crippen MR) is 86.4 cm³/mol.